The number of carboxylic acid groups (broad SMARTS) is 3. The molecule has 5 heterocycles. The number of aromatic amines is 4. The summed E-state index contributed by atoms with van der Waals surface area (Å²) in [6, 6.07) is 43.5. The number of carbonyl (C=O) groups is 3. The second kappa shape index (κ2) is 14.7. The van der Waals surface area contributed by atoms with Gasteiger partial charge in [-0.05, 0) is 113 Å². The average molecular weight is 779 g/mol. The van der Waals surface area contributed by atoms with Gasteiger partial charge < -0.3 is 40.4 Å². The first-order valence-corrected chi connectivity index (χ1v) is 18.6. The number of rotatable bonds is 8. The summed E-state index contributed by atoms with van der Waals surface area (Å²) in [6.07, 6.45) is 0. The molecule has 1 aliphatic rings. The summed E-state index contributed by atoms with van der Waals surface area (Å²) in [5.41, 5.74) is 10.5. The van der Waals surface area contributed by atoms with Crippen molar-refractivity contribution in [1.82, 2.24) is 19.9 Å². The summed E-state index contributed by atoms with van der Waals surface area (Å²) in [6.45, 7) is -0.101. The van der Waals surface area contributed by atoms with Crippen LogP contribution in [0.15, 0.2) is 146 Å². The van der Waals surface area contributed by atoms with Gasteiger partial charge in [-0.15, -0.1) is 0 Å². The molecule has 288 valence electrons. The summed E-state index contributed by atoms with van der Waals surface area (Å²) in [7, 11) is 0. The molecule has 8 bridgehead atoms. The van der Waals surface area contributed by atoms with Crippen LogP contribution in [0.2, 0.25) is 0 Å². The third-order valence-corrected chi connectivity index (χ3v) is 10.6. The minimum Gasteiger partial charge on any atom is -0.478 e. The number of benzene rings is 4. The minimum atomic E-state index is -1.04. The largest absolute Gasteiger partial charge is 0.478 e. The van der Waals surface area contributed by atoms with Gasteiger partial charge in [-0.2, -0.15) is 0 Å². The molecule has 4 aromatic carbocycles. The van der Waals surface area contributed by atoms with Crippen LogP contribution in [0.4, 0.5) is 0 Å². The fourth-order valence-electron chi connectivity index (χ4n) is 7.69. The Bertz CT molecular complexity index is 3200. The van der Waals surface area contributed by atoms with Gasteiger partial charge in [0.25, 0.3) is 0 Å². The standard InChI is InChI=1S/C48H34N4O7/c53-25-26-1-3-27(4-2-26)42-34-17-19-36(49-34)43(28-5-11-31(12-6-28)46(54)55)38-21-23-40(51-38)45(30-9-15-33(16-10-30)48(58)59)41-24-22-39(52-41)44(37-20-18-35(42)50-37)29-7-13-32(14-8-29)47(56)57/h1-24,49-53H,25H2,(H,54,55)(H,56,57)(H,58,59). The van der Waals surface area contributed by atoms with E-state index in [1.165, 1.54) is 0 Å². The van der Waals surface area contributed by atoms with Crippen LogP contribution in [-0.4, -0.2) is 58.3 Å². The van der Waals surface area contributed by atoms with Gasteiger partial charge in [-0.1, -0.05) is 60.7 Å². The average Bonchev–Trinajstić information content (AvgIpc) is 4.10. The third-order valence-electron chi connectivity index (χ3n) is 10.6. The molecule has 0 amide bonds. The predicted octanol–water partition coefficient (Wildman–Crippen LogP) is 4.89. The van der Waals surface area contributed by atoms with Crippen LogP contribution in [0.25, 0.3) is 22.3 Å². The fourth-order valence-corrected chi connectivity index (χ4v) is 7.69. The zero-order valence-electron chi connectivity index (χ0n) is 31.1. The highest BCUT2D eigenvalue weighted by Gasteiger charge is 2.19. The Balaban J connectivity index is 1.40. The first-order chi connectivity index (χ1) is 28.6. The van der Waals surface area contributed by atoms with Crippen LogP contribution in [0.3, 0.4) is 0 Å². The second-order valence-corrected chi connectivity index (χ2v) is 14.1. The van der Waals surface area contributed by atoms with Crippen molar-refractivity contribution in [2.45, 2.75) is 6.61 Å². The van der Waals surface area contributed by atoms with E-state index in [-0.39, 0.29) is 23.3 Å². The number of aliphatic hydroxyl groups excluding tert-OH is 1. The van der Waals surface area contributed by atoms with Gasteiger partial charge in [0.1, 0.15) is 0 Å². The van der Waals surface area contributed by atoms with Gasteiger partial charge >= 0.3 is 17.9 Å². The second-order valence-electron chi connectivity index (χ2n) is 14.1. The van der Waals surface area contributed by atoms with Crippen molar-refractivity contribution < 1.29 is 34.8 Å². The Hall–Kier alpha value is -8.15. The summed E-state index contributed by atoms with van der Waals surface area (Å²) in [5, 5.41) is 41.9. The van der Waals surface area contributed by atoms with Crippen LogP contribution >= 0.6 is 0 Å². The normalized spacial score (nSPS) is 12.5. The van der Waals surface area contributed by atoms with Crippen LogP contribution in [0.1, 0.15) is 81.7 Å². The van der Waals surface area contributed by atoms with Crippen molar-refractivity contribution in [3.63, 3.8) is 0 Å². The summed E-state index contributed by atoms with van der Waals surface area (Å²) in [4.78, 5) is 50.1. The fraction of sp³-hybridized carbons (Fsp3) is 0.0208. The topological polar surface area (TPSA) is 195 Å². The van der Waals surface area contributed by atoms with E-state index in [0.29, 0.717) is 0 Å². The number of nitrogens with one attached hydrogen (secondary N) is 4. The van der Waals surface area contributed by atoms with Crippen LogP contribution in [0.5, 0.6) is 0 Å². The first kappa shape index (κ1) is 36.5. The zero-order chi connectivity index (χ0) is 40.8. The number of H-pyrrole nitrogens is 4. The number of fused-ring (bicyclic) bond motifs is 8. The van der Waals surface area contributed by atoms with Crippen LogP contribution in [-0.2, 0) is 6.61 Å². The molecule has 0 saturated heterocycles. The van der Waals surface area contributed by atoms with Crippen molar-refractivity contribution in [2.75, 3.05) is 0 Å². The number of aliphatic hydroxyl groups is 1. The lowest BCUT2D eigenvalue weighted by atomic mass is 10.0. The molecule has 11 nitrogen and oxygen atoms in total. The maximum absolute atomic E-state index is 11.8. The number of aromatic carboxylic acids is 3. The molecule has 0 unspecified atom stereocenters. The lowest BCUT2D eigenvalue weighted by Gasteiger charge is -2.10. The molecule has 1 aliphatic heterocycles. The van der Waals surface area contributed by atoms with E-state index in [4.69, 9.17) is 0 Å². The number of aromatic nitrogens is 4. The Morgan fingerprint density at radius 2 is 0.593 bits per heavy atom. The monoisotopic (exact) mass is 778 g/mol. The Morgan fingerprint density at radius 1 is 0.339 bits per heavy atom. The first-order valence-electron chi connectivity index (χ1n) is 18.6. The van der Waals surface area contributed by atoms with Gasteiger partial charge in [0.05, 0.1) is 23.3 Å². The van der Waals surface area contributed by atoms with Gasteiger partial charge in [-0.3, -0.25) is 0 Å². The van der Waals surface area contributed by atoms with E-state index in [1.54, 1.807) is 72.8 Å². The molecule has 0 spiro atoms. The van der Waals surface area contributed by atoms with E-state index in [0.717, 1.165) is 94.3 Å². The summed E-state index contributed by atoms with van der Waals surface area (Å²) >= 11 is 0. The molecule has 0 fully saturated rings. The minimum absolute atomic E-state index is 0.101. The van der Waals surface area contributed by atoms with Crippen LogP contribution < -0.4 is 21.4 Å². The molecule has 8 aromatic rings. The summed E-state index contributed by atoms with van der Waals surface area (Å²) in [5.74, 6) is -3.10. The van der Waals surface area contributed by atoms with E-state index < -0.39 is 17.9 Å². The maximum atomic E-state index is 11.8. The smallest absolute Gasteiger partial charge is 0.335 e. The molecule has 0 saturated carbocycles. The highest BCUT2D eigenvalue weighted by molar-refractivity contribution is 5.91. The van der Waals surface area contributed by atoms with Crippen molar-refractivity contribution in [1.29, 1.82) is 0 Å². The van der Waals surface area contributed by atoms with Crippen molar-refractivity contribution >= 4 is 40.2 Å². The quantitative estimate of drug-likeness (QED) is 0.108. The Morgan fingerprint density at radius 3 is 0.831 bits per heavy atom. The Labute approximate surface area is 334 Å². The van der Waals surface area contributed by atoms with E-state index in [2.05, 4.69) is 19.9 Å². The van der Waals surface area contributed by atoms with E-state index >= 15 is 0 Å². The zero-order valence-corrected chi connectivity index (χ0v) is 31.1. The van der Waals surface area contributed by atoms with E-state index in [1.807, 2.05) is 72.8 Å². The molecule has 0 aliphatic carbocycles. The maximum Gasteiger partial charge on any atom is 0.335 e. The van der Waals surface area contributed by atoms with Crippen molar-refractivity contribution in [3.8, 4) is 0 Å². The molecule has 0 atom stereocenters. The molecule has 4 aromatic heterocycles. The lowest BCUT2D eigenvalue weighted by Crippen LogP contribution is -2.19. The molecular formula is C48H34N4O7. The molecule has 0 radical (unpaired) electrons. The molecule has 11 heteroatoms. The number of hydrogen-bond acceptors (Lipinski definition) is 4. The van der Waals surface area contributed by atoms with Gasteiger partial charge in [0.2, 0.25) is 0 Å². The molecule has 9 rings (SSSR count). The van der Waals surface area contributed by atoms with Crippen molar-refractivity contribution in [2.24, 2.45) is 0 Å². The lowest BCUT2D eigenvalue weighted by molar-refractivity contribution is 0.0686. The van der Waals surface area contributed by atoms with Crippen LogP contribution in [0, 0.1) is 0 Å². The SMILES string of the molecule is O=C(O)c1ccc(C2=c3ccc([nH]3)=C(c3ccc(CO)cc3)c3ccc([nH]3)C(c3ccc(C(=O)O)cc3)=c3ccc([nH]3)=C(c3ccc(C(=O)O)cc3)c3ccc2[nH]3)cc1. The molecule has 8 N–H and O–H groups in total. The van der Waals surface area contributed by atoms with E-state index in [9.17, 15) is 34.8 Å². The highest BCUT2D eigenvalue weighted by atomic mass is 16.4. The van der Waals surface area contributed by atoms with Gasteiger partial charge in [0, 0.05) is 66.5 Å². The summed E-state index contributed by atoms with van der Waals surface area (Å²) < 4.78 is 0. The number of hydrogen-bond donors (Lipinski definition) is 8. The number of carboxylic acids is 3. The highest BCUT2D eigenvalue weighted by Crippen LogP contribution is 2.28. The Kier molecular flexibility index (Phi) is 9.11. The predicted molar refractivity (Wildman–Crippen MR) is 221 cm³/mol. The van der Waals surface area contributed by atoms with Gasteiger partial charge in [0.15, 0.2) is 0 Å². The third kappa shape index (κ3) is 6.77. The molecular weight excluding hydrogens is 745 g/mol. The van der Waals surface area contributed by atoms with Gasteiger partial charge in [-0.25, -0.2) is 14.4 Å². The van der Waals surface area contributed by atoms with Crippen molar-refractivity contribution in [3.05, 3.63) is 234 Å². The molecule has 59 heavy (non-hydrogen) atoms.